The molecule has 0 spiro atoms. The Hall–Kier alpha value is -2.47. The minimum absolute atomic E-state index is 0.211. The first kappa shape index (κ1) is 17.9. The van der Waals surface area contributed by atoms with Gasteiger partial charge < -0.3 is 14.4 Å². The summed E-state index contributed by atoms with van der Waals surface area (Å²) in [7, 11) is 0. The van der Waals surface area contributed by atoms with Crippen molar-refractivity contribution in [3.05, 3.63) is 59.0 Å². The van der Waals surface area contributed by atoms with Gasteiger partial charge in [-0.1, -0.05) is 13.8 Å². The lowest BCUT2D eigenvalue weighted by molar-refractivity contribution is -0.0590. The number of aromatic nitrogens is 1. The molecule has 0 saturated carbocycles. The number of hydrogen-bond donors (Lipinski definition) is 1. The van der Waals surface area contributed by atoms with Gasteiger partial charge in [0, 0.05) is 39.9 Å². The number of phenols is 1. The SMILES string of the molecule is CC1(C)COC(C)(C)c2c1n(-c1ccc(F)c(F)c1)c1cc(F)cc(O)c21. The van der Waals surface area contributed by atoms with Gasteiger partial charge in [0.15, 0.2) is 11.6 Å². The molecule has 1 N–H and O–H groups in total. The molecule has 142 valence electrons. The van der Waals surface area contributed by atoms with Crippen LogP contribution in [0.5, 0.6) is 5.75 Å². The van der Waals surface area contributed by atoms with Crippen molar-refractivity contribution in [1.82, 2.24) is 4.57 Å². The van der Waals surface area contributed by atoms with Crippen LogP contribution in [0, 0.1) is 17.5 Å². The first-order valence-electron chi connectivity index (χ1n) is 8.70. The highest BCUT2D eigenvalue weighted by Crippen LogP contribution is 2.49. The smallest absolute Gasteiger partial charge is 0.160 e. The molecule has 0 atom stereocenters. The van der Waals surface area contributed by atoms with Crippen LogP contribution in [-0.2, 0) is 15.8 Å². The molecule has 1 aliphatic heterocycles. The van der Waals surface area contributed by atoms with Gasteiger partial charge in [0.25, 0.3) is 0 Å². The van der Waals surface area contributed by atoms with E-state index in [1.165, 1.54) is 12.1 Å². The molecule has 2 aromatic carbocycles. The normalized spacial score (nSPS) is 17.9. The first-order valence-corrected chi connectivity index (χ1v) is 8.70. The van der Waals surface area contributed by atoms with Gasteiger partial charge in [-0.25, -0.2) is 13.2 Å². The van der Waals surface area contributed by atoms with Gasteiger partial charge in [0.2, 0.25) is 0 Å². The van der Waals surface area contributed by atoms with Crippen molar-refractivity contribution < 1.29 is 23.0 Å². The van der Waals surface area contributed by atoms with Gasteiger partial charge in [0.1, 0.15) is 11.6 Å². The van der Waals surface area contributed by atoms with Crippen LogP contribution in [0.4, 0.5) is 13.2 Å². The summed E-state index contributed by atoms with van der Waals surface area (Å²) < 4.78 is 49.3. The maximum Gasteiger partial charge on any atom is 0.160 e. The highest BCUT2D eigenvalue weighted by atomic mass is 19.2. The molecule has 3 nitrogen and oxygen atoms in total. The minimum Gasteiger partial charge on any atom is -0.507 e. The van der Waals surface area contributed by atoms with Crippen molar-refractivity contribution in [2.45, 2.75) is 38.7 Å². The molecule has 6 heteroatoms. The van der Waals surface area contributed by atoms with E-state index in [0.29, 0.717) is 23.2 Å². The molecule has 3 aromatic rings. The van der Waals surface area contributed by atoms with Crippen LogP contribution in [0.2, 0.25) is 0 Å². The molecule has 0 saturated heterocycles. The predicted molar refractivity (Wildman–Crippen MR) is 96.8 cm³/mol. The Kier molecular flexibility index (Phi) is 3.66. The number of phenolic OH excluding ortho intramolecular Hbond substituents is 1. The van der Waals surface area contributed by atoms with Crippen molar-refractivity contribution in [2.75, 3.05) is 6.61 Å². The molecule has 0 amide bonds. The number of ether oxygens (including phenoxy) is 1. The number of nitrogens with zero attached hydrogens (tertiary/aromatic N) is 1. The van der Waals surface area contributed by atoms with E-state index < -0.39 is 28.5 Å². The average Bonchev–Trinajstić information content (AvgIpc) is 2.92. The second-order valence-electron chi connectivity index (χ2n) is 8.16. The molecule has 0 radical (unpaired) electrons. The lowest BCUT2D eigenvalue weighted by atomic mass is 9.79. The zero-order valence-electron chi connectivity index (χ0n) is 15.5. The van der Waals surface area contributed by atoms with E-state index in [2.05, 4.69) is 0 Å². The maximum absolute atomic E-state index is 14.1. The summed E-state index contributed by atoms with van der Waals surface area (Å²) in [4.78, 5) is 0. The van der Waals surface area contributed by atoms with Gasteiger partial charge >= 0.3 is 0 Å². The summed E-state index contributed by atoms with van der Waals surface area (Å²) in [6, 6.07) is 5.91. The number of benzene rings is 2. The molecule has 0 fully saturated rings. The predicted octanol–water partition coefficient (Wildman–Crippen LogP) is 5.30. The van der Waals surface area contributed by atoms with Crippen LogP contribution in [0.1, 0.15) is 39.0 Å². The number of fused-ring (bicyclic) bond motifs is 3. The van der Waals surface area contributed by atoms with Crippen LogP contribution in [0.25, 0.3) is 16.6 Å². The molecule has 27 heavy (non-hydrogen) atoms. The molecule has 0 unspecified atom stereocenters. The number of hydrogen-bond acceptors (Lipinski definition) is 2. The van der Waals surface area contributed by atoms with Crippen LogP contribution < -0.4 is 0 Å². The number of aromatic hydroxyl groups is 1. The molecule has 1 aromatic heterocycles. The third kappa shape index (κ3) is 2.54. The summed E-state index contributed by atoms with van der Waals surface area (Å²) >= 11 is 0. The van der Waals surface area contributed by atoms with Gasteiger partial charge in [-0.15, -0.1) is 0 Å². The third-order valence-corrected chi connectivity index (χ3v) is 5.21. The summed E-state index contributed by atoms with van der Waals surface area (Å²) in [5.41, 5.74) is 0.989. The van der Waals surface area contributed by atoms with E-state index in [-0.39, 0.29) is 5.75 Å². The van der Waals surface area contributed by atoms with E-state index in [9.17, 15) is 18.3 Å². The Bertz CT molecular complexity index is 1080. The molecular formula is C21H20F3NO2. The third-order valence-electron chi connectivity index (χ3n) is 5.21. The molecule has 2 heterocycles. The molecule has 1 aliphatic rings. The van der Waals surface area contributed by atoms with Crippen molar-refractivity contribution in [2.24, 2.45) is 0 Å². The highest BCUT2D eigenvalue weighted by molar-refractivity contribution is 5.94. The zero-order valence-corrected chi connectivity index (χ0v) is 15.5. The van der Waals surface area contributed by atoms with E-state index >= 15 is 0 Å². The fraction of sp³-hybridized carbons (Fsp3) is 0.333. The monoisotopic (exact) mass is 375 g/mol. The Labute approximate surface area is 155 Å². The van der Waals surface area contributed by atoms with Crippen LogP contribution >= 0.6 is 0 Å². The topological polar surface area (TPSA) is 34.4 Å². The van der Waals surface area contributed by atoms with E-state index in [1.807, 2.05) is 27.7 Å². The van der Waals surface area contributed by atoms with Crippen molar-refractivity contribution in [3.63, 3.8) is 0 Å². The minimum atomic E-state index is -0.993. The zero-order chi connectivity index (χ0) is 19.7. The van der Waals surface area contributed by atoms with Crippen molar-refractivity contribution in [3.8, 4) is 11.4 Å². The highest BCUT2D eigenvalue weighted by Gasteiger charge is 2.44. The Morgan fingerprint density at radius 2 is 1.70 bits per heavy atom. The van der Waals surface area contributed by atoms with E-state index in [4.69, 9.17) is 4.74 Å². The summed E-state index contributed by atoms with van der Waals surface area (Å²) in [5.74, 6) is -2.78. The summed E-state index contributed by atoms with van der Waals surface area (Å²) in [5, 5.41) is 11.0. The van der Waals surface area contributed by atoms with Gasteiger partial charge in [-0.3, -0.25) is 0 Å². The van der Waals surface area contributed by atoms with Gasteiger partial charge in [-0.05, 0) is 32.0 Å². The fourth-order valence-corrected chi connectivity index (χ4v) is 3.98. The quantitative estimate of drug-likeness (QED) is 0.627. The summed E-state index contributed by atoms with van der Waals surface area (Å²) in [6.07, 6.45) is 0. The average molecular weight is 375 g/mol. The number of halogens is 3. The van der Waals surface area contributed by atoms with Crippen molar-refractivity contribution in [1.29, 1.82) is 0 Å². The molecule has 0 aliphatic carbocycles. The second-order valence-corrected chi connectivity index (χ2v) is 8.16. The Morgan fingerprint density at radius 3 is 2.37 bits per heavy atom. The fourth-order valence-electron chi connectivity index (χ4n) is 3.98. The Morgan fingerprint density at radius 1 is 1.00 bits per heavy atom. The summed E-state index contributed by atoms with van der Waals surface area (Å²) in [6.45, 7) is 8.06. The molecular weight excluding hydrogens is 355 g/mol. The first-order chi connectivity index (χ1) is 12.5. The van der Waals surface area contributed by atoms with Crippen LogP contribution in [0.15, 0.2) is 30.3 Å². The lowest BCUT2D eigenvalue weighted by Gasteiger charge is -2.40. The van der Waals surface area contributed by atoms with Crippen molar-refractivity contribution >= 4 is 10.9 Å². The van der Waals surface area contributed by atoms with Gasteiger partial charge in [0.05, 0.1) is 17.7 Å². The van der Waals surface area contributed by atoms with Gasteiger partial charge in [-0.2, -0.15) is 0 Å². The van der Waals surface area contributed by atoms with E-state index in [0.717, 1.165) is 29.5 Å². The lowest BCUT2D eigenvalue weighted by Crippen LogP contribution is -2.40. The van der Waals surface area contributed by atoms with Crippen LogP contribution in [-0.4, -0.2) is 16.3 Å². The Balaban J connectivity index is 2.23. The van der Waals surface area contributed by atoms with E-state index in [1.54, 1.807) is 4.57 Å². The maximum atomic E-state index is 14.1. The number of rotatable bonds is 1. The second kappa shape index (κ2) is 5.52. The largest absolute Gasteiger partial charge is 0.507 e. The standard InChI is InChI=1S/C21H20F3NO2/c1-20(2)10-27-21(3,4)18-17-15(7-11(22)8-16(17)26)25(19(18)20)12-5-6-13(23)14(24)9-12/h5-9,26H,10H2,1-4H3. The molecule has 0 bridgehead atoms. The molecule has 4 rings (SSSR count). The van der Waals surface area contributed by atoms with Crippen LogP contribution in [0.3, 0.4) is 0 Å².